The predicted octanol–water partition coefficient (Wildman–Crippen LogP) is 1.44. The zero-order valence-corrected chi connectivity index (χ0v) is 9.59. The Kier molecular flexibility index (Phi) is 2.89. The fourth-order valence-electron chi connectivity index (χ4n) is 1.12. The van der Waals surface area contributed by atoms with Crippen LogP contribution in [0.3, 0.4) is 0 Å². The summed E-state index contributed by atoms with van der Waals surface area (Å²) in [6.07, 6.45) is 0. The minimum absolute atomic E-state index is 0.0730. The molecular formula is C7H11ClN2O3S. The van der Waals surface area contributed by atoms with Gasteiger partial charge < -0.3 is 0 Å². The van der Waals surface area contributed by atoms with E-state index in [0.29, 0.717) is 0 Å². The quantitative estimate of drug-likeness (QED) is 0.792. The highest BCUT2D eigenvalue weighted by Crippen LogP contribution is 2.28. The summed E-state index contributed by atoms with van der Waals surface area (Å²) in [6, 6.07) is 0. The van der Waals surface area contributed by atoms with Gasteiger partial charge in [0.15, 0.2) is 4.90 Å². The molecule has 1 aromatic rings. The van der Waals surface area contributed by atoms with E-state index in [1.807, 2.05) is 0 Å². The Hall–Kier alpha value is -0.590. The Morgan fingerprint density at radius 2 is 2.00 bits per heavy atom. The van der Waals surface area contributed by atoms with Gasteiger partial charge in [0.05, 0.1) is 5.69 Å². The number of hydrogen-bond acceptors (Lipinski definition) is 3. The van der Waals surface area contributed by atoms with Crippen LogP contribution in [0.15, 0.2) is 4.90 Å². The lowest BCUT2D eigenvalue weighted by Gasteiger charge is -2.01. The van der Waals surface area contributed by atoms with Gasteiger partial charge in [-0.1, -0.05) is 25.4 Å². The number of aromatic nitrogens is 2. The van der Waals surface area contributed by atoms with Crippen molar-refractivity contribution in [2.75, 3.05) is 0 Å². The summed E-state index contributed by atoms with van der Waals surface area (Å²) >= 11 is 5.70. The second-order valence-corrected chi connectivity index (χ2v) is 4.97. The van der Waals surface area contributed by atoms with E-state index in [1.165, 1.54) is 11.7 Å². The van der Waals surface area contributed by atoms with Gasteiger partial charge >= 0.3 is 0 Å². The zero-order valence-electron chi connectivity index (χ0n) is 8.02. The maximum atomic E-state index is 11.0. The molecule has 14 heavy (non-hydrogen) atoms. The highest BCUT2D eigenvalue weighted by molar-refractivity contribution is 7.86. The van der Waals surface area contributed by atoms with Crippen molar-refractivity contribution in [2.45, 2.75) is 24.7 Å². The summed E-state index contributed by atoms with van der Waals surface area (Å²) in [5, 5.41) is 3.85. The van der Waals surface area contributed by atoms with Crippen LogP contribution in [-0.2, 0) is 17.2 Å². The standard InChI is InChI=1S/C7H11ClN2O3S/c1-4(2)5-6(14(11,12)13)7(8)10(3)9-5/h4H,1-3H3,(H,11,12,13). The number of nitrogens with zero attached hydrogens (tertiary/aromatic N) is 2. The third kappa shape index (κ3) is 1.92. The van der Waals surface area contributed by atoms with Gasteiger partial charge in [0.2, 0.25) is 0 Å². The fraction of sp³-hybridized carbons (Fsp3) is 0.571. The van der Waals surface area contributed by atoms with Gasteiger partial charge in [-0.2, -0.15) is 13.5 Å². The number of hydrogen-bond donors (Lipinski definition) is 1. The topological polar surface area (TPSA) is 72.2 Å². The highest BCUT2D eigenvalue weighted by atomic mass is 35.5. The van der Waals surface area contributed by atoms with Crippen molar-refractivity contribution in [3.05, 3.63) is 10.8 Å². The Balaban J connectivity index is 3.55. The van der Waals surface area contributed by atoms with Crippen LogP contribution < -0.4 is 0 Å². The number of rotatable bonds is 2. The summed E-state index contributed by atoms with van der Waals surface area (Å²) < 4.78 is 32.2. The van der Waals surface area contributed by atoms with Crippen LogP contribution in [0.2, 0.25) is 5.15 Å². The second kappa shape index (κ2) is 3.52. The molecule has 0 unspecified atom stereocenters. The molecule has 1 aromatic heterocycles. The van der Waals surface area contributed by atoms with Crippen LogP contribution in [0.4, 0.5) is 0 Å². The van der Waals surface area contributed by atoms with Crippen molar-refractivity contribution < 1.29 is 13.0 Å². The van der Waals surface area contributed by atoms with Crippen molar-refractivity contribution in [3.8, 4) is 0 Å². The average molecular weight is 239 g/mol. The third-order valence-electron chi connectivity index (χ3n) is 1.77. The lowest BCUT2D eigenvalue weighted by molar-refractivity contribution is 0.481. The monoisotopic (exact) mass is 238 g/mol. The van der Waals surface area contributed by atoms with E-state index in [0.717, 1.165) is 0 Å². The Morgan fingerprint density at radius 3 is 2.29 bits per heavy atom. The average Bonchev–Trinajstić information content (AvgIpc) is 2.27. The van der Waals surface area contributed by atoms with Crippen molar-refractivity contribution in [2.24, 2.45) is 7.05 Å². The van der Waals surface area contributed by atoms with Crippen molar-refractivity contribution in [1.29, 1.82) is 0 Å². The molecule has 0 saturated heterocycles. The van der Waals surface area contributed by atoms with Gasteiger partial charge in [-0.25, -0.2) is 0 Å². The molecule has 5 nitrogen and oxygen atoms in total. The maximum Gasteiger partial charge on any atom is 0.299 e. The van der Waals surface area contributed by atoms with E-state index in [1.54, 1.807) is 13.8 Å². The van der Waals surface area contributed by atoms with Gasteiger partial charge in [0.1, 0.15) is 5.15 Å². The second-order valence-electron chi connectivity index (χ2n) is 3.26. The Bertz CT molecular complexity index is 450. The van der Waals surface area contributed by atoms with Crippen LogP contribution in [0.1, 0.15) is 25.5 Å². The van der Waals surface area contributed by atoms with Crippen molar-refractivity contribution >= 4 is 21.7 Å². The zero-order chi connectivity index (χ0) is 11.1. The van der Waals surface area contributed by atoms with E-state index < -0.39 is 10.1 Å². The van der Waals surface area contributed by atoms with Gasteiger partial charge in [-0.15, -0.1) is 0 Å². The molecule has 0 atom stereocenters. The predicted molar refractivity (Wildman–Crippen MR) is 52.1 cm³/mol. The summed E-state index contributed by atoms with van der Waals surface area (Å²) in [7, 11) is -2.79. The van der Waals surface area contributed by atoms with Gasteiger partial charge in [0.25, 0.3) is 10.1 Å². The van der Waals surface area contributed by atoms with E-state index in [9.17, 15) is 8.42 Å². The van der Waals surface area contributed by atoms with E-state index in [4.69, 9.17) is 16.2 Å². The molecule has 0 bridgehead atoms. The molecule has 0 radical (unpaired) electrons. The molecule has 0 spiro atoms. The number of aryl methyl sites for hydroxylation is 1. The first kappa shape index (κ1) is 11.5. The molecule has 1 N–H and O–H groups in total. The summed E-state index contributed by atoms with van der Waals surface area (Å²) in [5.74, 6) is -0.120. The smallest absolute Gasteiger partial charge is 0.282 e. The van der Waals surface area contributed by atoms with Crippen molar-refractivity contribution in [1.82, 2.24) is 9.78 Å². The summed E-state index contributed by atoms with van der Waals surface area (Å²) in [4.78, 5) is -0.295. The summed E-state index contributed by atoms with van der Waals surface area (Å²) in [6.45, 7) is 3.54. The molecule has 80 valence electrons. The first-order valence-electron chi connectivity index (χ1n) is 3.95. The highest BCUT2D eigenvalue weighted by Gasteiger charge is 2.26. The van der Waals surface area contributed by atoms with Gasteiger partial charge in [0, 0.05) is 7.05 Å². The van der Waals surface area contributed by atoms with E-state index in [2.05, 4.69) is 5.10 Å². The molecule has 0 fully saturated rings. The molecule has 0 saturated carbocycles. The van der Waals surface area contributed by atoms with Crippen LogP contribution >= 0.6 is 11.6 Å². The van der Waals surface area contributed by atoms with E-state index >= 15 is 0 Å². The lowest BCUT2D eigenvalue weighted by Crippen LogP contribution is -2.03. The molecule has 0 aromatic carbocycles. The SMILES string of the molecule is CC(C)c1nn(C)c(Cl)c1S(=O)(=O)O. The normalized spacial score (nSPS) is 12.4. The Morgan fingerprint density at radius 1 is 1.50 bits per heavy atom. The Labute approximate surface area is 87.4 Å². The minimum Gasteiger partial charge on any atom is -0.282 e. The molecular weight excluding hydrogens is 228 g/mol. The van der Waals surface area contributed by atoms with Crippen LogP contribution in [0.5, 0.6) is 0 Å². The molecule has 1 heterocycles. The largest absolute Gasteiger partial charge is 0.299 e. The van der Waals surface area contributed by atoms with Crippen LogP contribution in [0, 0.1) is 0 Å². The number of halogens is 1. The maximum absolute atomic E-state index is 11.0. The lowest BCUT2D eigenvalue weighted by atomic mass is 10.1. The molecule has 0 amide bonds. The molecule has 1 rings (SSSR count). The van der Waals surface area contributed by atoms with Gasteiger partial charge in [-0.3, -0.25) is 9.23 Å². The van der Waals surface area contributed by atoms with Crippen molar-refractivity contribution in [3.63, 3.8) is 0 Å². The van der Waals surface area contributed by atoms with Crippen LogP contribution in [-0.4, -0.2) is 22.8 Å². The molecule has 0 aliphatic carbocycles. The third-order valence-corrected chi connectivity index (χ3v) is 3.23. The minimum atomic E-state index is -4.30. The molecule has 7 heteroatoms. The first-order chi connectivity index (χ1) is 6.25. The summed E-state index contributed by atoms with van der Waals surface area (Å²) in [5.41, 5.74) is 0.278. The van der Waals surface area contributed by atoms with Crippen LogP contribution in [0.25, 0.3) is 0 Å². The molecule has 0 aliphatic rings. The van der Waals surface area contributed by atoms with Gasteiger partial charge in [-0.05, 0) is 5.92 Å². The first-order valence-corrected chi connectivity index (χ1v) is 5.76. The van der Waals surface area contributed by atoms with E-state index in [-0.39, 0.29) is 21.7 Å². The molecule has 0 aliphatic heterocycles. The fourth-order valence-corrected chi connectivity index (χ4v) is 2.43.